The minimum atomic E-state index is -1.17. The van der Waals surface area contributed by atoms with Crippen LogP contribution in [-0.2, 0) is 36.8 Å². The van der Waals surface area contributed by atoms with Crippen molar-refractivity contribution < 1.29 is 24.0 Å². The fourth-order valence-corrected chi connectivity index (χ4v) is 6.22. The number of benzene rings is 2. The Morgan fingerprint density at radius 3 is 2.15 bits per heavy atom. The normalized spacial score (nSPS) is 15.9. The van der Waals surface area contributed by atoms with Crippen LogP contribution in [0.3, 0.4) is 0 Å². The molecule has 0 bridgehead atoms. The lowest BCUT2D eigenvalue weighted by Crippen LogP contribution is -2.59. The first-order chi connectivity index (χ1) is 22.1. The standard InChI is InChI=1S/C35H45ClN4O5S/c1-4-37-35(45)32(42)28(21-25-16-18-26(36)19-17-25)39-34(44)31(23(2)3)40-33(43)29(22-24-11-6-5-7-12-24)38-30(41)15-9-8-13-27-14-10-20-46-27/h5-7,10-12,16-20,23,27-29,31H,4,8-9,13-15,21-22H2,1-3H3,(H,37,45)(H,38,41)(H,39,44)(H,40,43)/t27?,28-,29-,31-/m0/s1. The number of hydrogen-bond acceptors (Lipinski definition) is 6. The van der Waals surface area contributed by atoms with E-state index in [0.717, 1.165) is 24.8 Å². The van der Waals surface area contributed by atoms with Crippen molar-refractivity contribution >= 4 is 52.8 Å². The second-order valence-corrected chi connectivity index (χ2v) is 13.4. The number of carbonyl (C=O) groups excluding carboxylic acids is 5. The van der Waals surface area contributed by atoms with E-state index in [0.29, 0.717) is 28.7 Å². The second kappa shape index (κ2) is 19.1. The third-order valence-electron chi connectivity index (χ3n) is 7.67. The summed E-state index contributed by atoms with van der Waals surface area (Å²) in [5.41, 5.74) is 1.55. The van der Waals surface area contributed by atoms with Gasteiger partial charge in [-0.05, 0) is 60.8 Å². The van der Waals surface area contributed by atoms with Crippen LogP contribution in [-0.4, -0.2) is 59.3 Å². The van der Waals surface area contributed by atoms with Crippen LogP contribution in [0.5, 0.6) is 0 Å². The third-order valence-corrected chi connectivity index (χ3v) is 9.09. The zero-order chi connectivity index (χ0) is 33.5. The van der Waals surface area contributed by atoms with Gasteiger partial charge in [0.2, 0.25) is 23.5 Å². The number of likely N-dealkylation sites (N-methyl/N-ethyl adjacent to an activating group) is 1. The summed E-state index contributed by atoms with van der Waals surface area (Å²) in [4.78, 5) is 65.8. The highest BCUT2D eigenvalue weighted by atomic mass is 35.5. The molecule has 0 fully saturated rings. The summed E-state index contributed by atoms with van der Waals surface area (Å²) < 4.78 is 0. The van der Waals surface area contributed by atoms with Crippen molar-refractivity contribution in [2.45, 2.75) is 89.1 Å². The quantitative estimate of drug-likeness (QED) is 0.136. The van der Waals surface area contributed by atoms with E-state index in [4.69, 9.17) is 11.6 Å². The lowest BCUT2D eigenvalue weighted by atomic mass is 9.98. The number of thioether (sulfide) groups is 1. The van der Waals surface area contributed by atoms with Crippen LogP contribution < -0.4 is 21.3 Å². The van der Waals surface area contributed by atoms with Crippen molar-refractivity contribution in [2.24, 2.45) is 5.92 Å². The predicted molar refractivity (Wildman–Crippen MR) is 183 cm³/mol. The fourth-order valence-electron chi connectivity index (χ4n) is 5.12. The van der Waals surface area contributed by atoms with Crippen molar-refractivity contribution in [3.8, 4) is 0 Å². The summed E-state index contributed by atoms with van der Waals surface area (Å²) in [6.45, 7) is 5.49. The molecule has 46 heavy (non-hydrogen) atoms. The van der Waals surface area contributed by atoms with Crippen LogP contribution >= 0.6 is 23.4 Å². The second-order valence-electron chi connectivity index (χ2n) is 11.8. The average molecular weight is 669 g/mol. The Morgan fingerprint density at radius 2 is 1.52 bits per heavy atom. The van der Waals surface area contributed by atoms with Gasteiger partial charge in [-0.2, -0.15) is 0 Å². The highest BCUT2D eigenvalue weighted by molar-refractivity contribution is 8.03. The molecule has 1 unspecified atom stereocenters. The van der Waals surface area contributed by atoms with Gasteiger partial charge in [0.1, 0.15) is 18.1 Å². The van der Waals surface area contributed by atoms with Crippen molar-refractivity contribution in [1.29, 1.82) is 0 Å². The summed E-state index contributed by atoms with van der Waals surface area (Å²) >= 11 is 7.83. The molecular formula is C35H45ClN4O5S. The first kappa shape index (κ1) is 36.8. The lowest BCUT2D eigenvalue weighted by molar-refractivity contribution is -0.140. The highest BCUT2D eigenvalue weighted by Gasteiger charge is 2.33. The number of carbonyl (C=O) groups is 5. The Balaban J connectivity index is 1.70. The molecule has 1 heterocycles. The Labute approximate surface area is 281 Å². The van der Waals surface area contributed by atoms with Crippen LogP contribution in [0.4, 0.5) is 0 Å². The van der Waals surface area contributed by atoms with Gasteiger partial charge in [0, 0.05) is 36.1 Å². The van der Waals surface area contributed by atoms with Crippen molar-refractivity contribution in [3.05, 3.63) is 82.2 Å². The number of unbranched alkanes of at least 4 members (excludes halogenated alkanes) is 1. The zero-order valence-electron chi connectivity index (χ0n) is 26.7. The molecule has 2 aromatic carbocycles. The highest BCUT2D eigenvalue weighted by Crippen LogP contribution is 2.28. The maximum Gasteiger partial charge on any atom is 0.289 e. The summed E-state index contributed by atoms with van der Waals surface area (Å²) in [7, 11) is 0. The smallest absolute Gasteiger partial charge is 0.289 e. The summed E-state index contributed by atoms with van der Waals surface area (Å²) in [6, 6.07) is 13.0. The van der Waals surface area contributed by atoms with Crippen molar-refractivity contribution in [3.63, 3.8) is 0 Å². The summed E-state index contributed by atoms with van der Waals surface area (Å²) in [5, 5.41) is 14.1. The molecule has 9 nitrogen and oxygen atoms in total. The van der Waals surface area contributed by atoms with Gasteiger partial charge in [0.25, 0.3) is 5.91 Å². The molecule has 11 heteroatoms. The number of rotatable bonds is 18. The first-order valence-electron chi connectivity index (χ1n) is 15.9. The Morgan fingerprint density at radius 1 is 0.848 bits per heavy atom. The molecule has 2 aromatic rings. The van der Waals surface area contributed by atoms with Gasteiger partial charge in [-0.15, -0.1) is 11.8 Å². The SMILES string of the molecule is CCNC(=O)C(=O)[C@H](Cc1ccc(Cl)cc1)NC(=O)[C@@H](NC(=O)[C@H](Cc1ccccc1)NC(=O)CCCCC1CC=CS1)C(C)C. The Bertz CT molecular complexity index is 1340. The van der Waals surface area contributed by atoms with Gasteiger partial charge < -0.3 is 21.3 Å². The first-order valence-corrected chi connectivity index (χ1v) is 17.2. The molecule has 0 aliphatic carbocycles. The molecule has 4 atom stereocenters. The molecule has 1 aliphatic heterocycles. The number of ketones is 1. The largest absolute Gasteiger partial charge is 0.350 e. The number of allylic oxidation sites excluding steroid dienone is 1. The van der Waals surface area contributed by atoms with E-state index in [1.165, 1.54) is 0 Å². The van der Waals surface area contributed by atoms with E-state index < -0.39 is 41.6 Å². The molecule has 3 rings (SSSR count). The Hall–Kier alpha value is -3.63. The monoisotopic (exact) mass is 668 g/mol. The van der Waals surface area contributed by atoms with E-state index in [1.807, 2.05) is 42.1 Å². The minimum Gasteiger partial charge on any atom is -0.350 e. The van der Waals surface area contributed by atoms with Gasteiger partial charge in [0.15, 0.2) is 0 Å². The molecule has 0 aromatic heterocycles. The molecule has 248 valence electrons. The molecule has 1 aliphatic rings. The molecule has 0 saturated carbocycles. The summed E-state index contributed by atoms with van der Waals surface area (Å²) in [6.07, 6.45) is 6.49. The Kier molecular flexibility index (Phi) is 15.3. The van der Waals surface area contributed by atoms with Crippen molar-refractivity contribution in [2.75, 3.05) is 6.54 Å². The average Bonchev–Trinajstić information content (AvgIpc) is 3.56. The van der Waals surface area contributed by atoms with Gasteiger partial charge in [-0.1, -0.05) is 80.4 Å². The minimum absolute atomic E-state index is 0.0558. The molecule has 4 N–H and O–H groups in total. The molecule has 0 radical (unpaired) electrons. The van der Waals surface area contributed by atoms with E-state index in [2.05, 4.69) is 32.8 Å². The van der Waals surface area contributed by atoms with Crippen LogP contribution in [0.1, 0.15) is 64.0 Å². The van der Waals surface area contributed by atoms with Crippen LogP contribution in [0.2, 0.25) is 5.02 Å². The lowest BCUT2D eigenvalue weighted by Gasteiger charge is -2.27. The number of hydrogen-bond donors (Lipinski definition) is 4. The maximum absolute atomic E-state index is 13.7. The number of amides is 4. The van der Waals surface area contributed by atoms with Crippen molar-refractivity contribution in [1.82, 2.24) is 21.3 Å². The van der Waals surface area contributed by atoms with Gasteiger partial charge in [-0.25, -0.2) is 0 Å². The third kappa shape index (κ3) is 12.3. The molecular weight excluding hydrogens is 624 g/mol. The maximum atomic E-state index is 13.7. The number of nitrogens with one attached hydrogen (secondary N) is 4. The van der Waals surface area contributed by atoms with E-state index >= 15 is 0 Å². The van der Waals surface area contributed by atoms with E-state index in [9.17, 15) is 24.0 Å². The van der Waals surface area contributed by atoms with Gasteiger partial charge in [-0.3, -0.25) is 24.0 Å². The van der Waals surface area contributed by atoms with Gasteiger partial charge >= 0.3 is 0 Å². The topological polar surface area (TPSA) is 133 Å². The van der Waals surface area contributed by atoms with E-state index in [1.54, 1.807) is 45.0 Å². The number of Topliss-reactive ketones (excluding diaryl/α,β-unsaturated/α-hetero) is 1. The summed E-state index contributed by atoms with van der Waals surface area (Å²) in [5.74, 6) is -3.31. The fraction of sp³-hybridized carbons (Fsp3) is 0.457. The number of halogens is 1. The zero-order valence-corrected chi connectivity index (χ0v) is 28.3. The van der Waals surface area contributed by atoms with Crippen LogP contribution in [0.15, 0.2) is 66.1 Å². The molecule has 0 saturated heterocycles. The molecule has 0 spiro atoms. The molecule has 4 amide bonds. The van der Waals surface area contributed by atoms with Crippen LogP contribution in [0.25, 0.3) is 0 Å². The van der Waals surface area contributed by atoms with E-state index in [-0.39, 0.29) is 31.2 Å². The van der Waals surface area contributed by atoms with Crippen LogP contribution in [0, 0.1) is 5.92 Å². The predicted octanol–water partition coefficient (Wildman–Crippen LogP) is 4.52. The van der Waals surface area contributed by atoms with Gasteiger partial charge in [0.05, 0.1) is 0 Å².